The minimum Gasteiger partial charge on any atom is -0.310 e. The topological polar surface area (TPSA) is 3.24 Å². The summed E-state index contributed by atoms with van der Waals surface area (Å²) >= 11 is 0. The molecule has 1 heteroatoms. The molecule has 0 aromatic heterocycles. The fourth-order valence-corrected chi connectivity index (χ4v) is 11.9. The van der Waals surface area contributed by atoms with Crippen LogP contribution in [-0.2, 0) is 10.8 Å². The lowest BCUT2D eigenvalue weighted by molar-refractivity contribution is 0.660. The maximum absolute atomic E-state index is 2.51. The molecule has 0 N–H and O–H groups in total. The van der Waals surface area contributed by atoms with Crippen LogP contribution in [0.3, 0.4) is 0 Å². The third kappa shape index (κ3) is 7.63. The second-order valence-electron chi connectivity index (χ2n) is 20.9. The summed E-state index contributed by atoms with van der Waals surface area (Å²) in [6.07, 6.45) is 0. The van der Waals surface area contributed by atoms with Crippen LogP contribution in [-0.4, -0.2) is 0 Å². The summed E-state index contributed by atoms with van der Waals surface area (Å²) in [6.45, 7) is 9.59. The van der Waals surface area contributed by atoms with Gasteiger partial charge in [0, 0.05) is 27.8 Å². The van der Waals surface area contributed by atoms with E-state index in [9.17, 15) is 0 Å². The van der Waals surface area contributed by atoms with Crippen molar-refractivity contribution in [3.63, 3.8) is 0 Å². The average Bonchev–Trinajstić information content (AvgIpc) is 3.82. The van der Waals surface area contributed by atoms with Crippen LogP contribution in [0.15, 0.2) is 261 Å². The predicted molar refractivity (Wildman–Crippen MR) is 309 cm³/mol. The van der Waals surface area contributed by atoms with Crippen LogP contribution in [0.25, 0.3) is 89.0 Å². The highest BCUT2D eigenvalue weighted by molar-refractivity contribution is 5.93. The SMILES string of the molecule is CC1(C)c2cc(-c3ccccc3)ccc2-c2ccc(N(c3ccc4c(c3)C(C)(C)c3cc(-c5ccc(-c6ccc(-c7ccccc7)cc6)cc5)ccc3-4)c3ccccc3-c3ccc(-c4ccccc4)cc3)cc21. The molecule has 11 aromatic carbocycles. The number of anilines is 3. The summed E-state index contributed by atoms with van der Waals surface area (Å²) in [5.74, 6) is 0. The predicted octanol–water partition coefficient (Wildman–Crippen LogP) is 19.8. The third-order valence-corrected chi connectivity index (χ3v) is 15.9. The maximum atomic E-state index is 2.51. The van der Waals surface area contributed by atoms with Gasteiger partial charge in [-0.05, 0) is 148 Å². The van der Waals surface area contributed by atoms with E-state index >= 15 is 0 Å². The van der Waals surface area contributed by atoms with Crippen LogP contribution in [0, 0.1) is 0 Å². The van der Waals surface area contributed by atoms with Crippen molar-refractivity contribution < 1.29 is 0 Å². The molecule has 0 bridgehead atoms. The first-order valence-corrected chi connectivity index (χ1v) is 25.6. The Morgan fingerprint density at radius 2 is 0.493 bits per heavy atom. The Labute approximate surface area is 430 Å². The zero-order valence-electron chi connectivity index (χ0n) is 41.8. The molecule has 73 heavy (non-hydrogen) atoms. The molecule has 0 spiro atoms. The van der Waals surface area contributed by atoms with Crippen molar-refractivity contribution in [2.75, 3.05) is 4.90 Å². The van der Waals surface area contributed by atoms with Gasteiger partial charge in [-0.1, -0.05) is 246 Å². The number of benzene rings is 11. The number of nitrogens with zero attached hydrogens (tertiary/aromatic N) is 1. The minimum absolute atomic E-state index is 0.211. The Balaban J connectivity index is 0.879. The van der Waals surface area contributed by atoms with Crippen molar-refractivity contribution in [2.24, 2.45) is 0 Å². The first-order chi connectivity index (χ1) is 35.7. The van der Waals surface area contributed by atoms with E-state index < -0.39 is 0 Å². The van der Waals surface area contributed by atoms with E-state index in [1.165, 1.54) is 111 Å². The molecule has 11 aromatic rings. The average molecular weight is 934 g/mol. The lowest BCUT2D eigenvalue weighted by Crippen LogP contribution is -2.18. The van der Waals surface area contributed by atoms with Gasteiger partial charge in [-0.2, -0.15) is 0 Å². The molecule has 0 saturated carbocycles. The highest BCUT2D eigenvalue weighted by Gasteiger charge is 2.38. The summed E-state index contributed by atoms with van der Waals surface area (Å²) in [5, 5.41) is 0. The largest absolute Gasteiger partial charge is 0.310 e. The van der Waals surface area contributed by atoms with Crippen molar-refractivity contribution in [1.29, 1.82) is 0 Å². The number of rotatable bonds is 9. The number of para-hydroxylation sites is 1. The lowest BCUT2D eigenvalue weighted by Gasteiger charge is -2.31. The standard InChI is InChI=1S/C72H55N/c1-71(2)66-44-57(50-20-12-7-13-21-50)36-40-62(66)64-42-38-59(46-68(64)71)73(70-23-15-14-22-61(70)56-34-32-52(33-35-56)49-18-10-6-11-19-49)60-39-43-65-63-41-37-58(45-67(63)72(3,4)69(65)47-60)55-30-28-54(29-31-55)53-26-24-51(25-27-53)48-16-8-5-9-17-48/h5-47H,1-4H3. The summed E-state index contributed by atoms with van der Waals surface area (Å²) in [5.41, 5.74) is 28.2. The maximum Gasteiger partial charge on any atom is 0.0540 e. The van der Waals surface area contributed by atoms with Crippen LogP contribution in [0.5, 0.6) is 0 Å². The molecule has 0 heterocycles. The van der Waals surface area contributed by atoms with Gasteiger partial charge in [0.05, 0.1) is 5.69 Å². The van der Waals surface area contributed by atoms with Crippen molar-refractivity contribution in [2.45, 2.75) is 38.5 Å². The first kappa shape index (κ1) is 44.2. The third-order valence-electron chi connectivity index (χ3n) is 15.9. The molecule has 0 amide bonds. The molecule has 13 rings (SSSR count). The molecule has 0 radical (unpaired) electrons. The van der Waals surface area contributed by atoms with E-state index in [1.54, 1.807) is 0 Å². The van der Waals surface area contributed by atoms with Crippen LogP contribution in [0.2, 0.25) is 0 Å². The molecule has 1 nitrogen and oxygen atoms in total. The monoisotopic (exact) mass is 933 g/mol. The molecule has 2 aliphatic carbocycles. The van der Waals surface area contributed by atoms with Gasteiger partial charge in [0.25, 0.3) is 0 Å². The van der Waals surface area contributed by atoms with E-state index in [2.05, 4.69) is 293 Å². The second kappa shape index (κ2) is 17.5. The van der Waals surface area contributed by atoms with Crippen molar-refractivity contribution in [3.05, 3.63) is 283 Å². The van der Waals surface area contributed by atoms with E-state index in [0.717, 1.165) is 17.1 Å². The Morgan fingerprint density at radius 3 is 0.890 bits per heavy atom. The summed E-state index contributed by atoms with van der Waals surface area (Å²) < 4.78 is 0. The Kier molecular flexibility index (Phi) is 10.6. The molecular weight excluding hydrogens is 879 g/mol. The zero-order chi connectivity index (χ0) is 49.3. The molecule has 348 valence electrons. The first-order valence-electron chi connectivity index (χ1n) is 25.6. The van der Waals surface area contributed by atoms with Crippen molar-refractivity contribution in [3.8, 4) is 89.0 Å². The van der Waals surface area contributed by atoms with Gasteiger partial charge in [0.1, 0.15) is 0 Å². The molecular formula is C72H55N. The molecule has 2 aliphatic rings. The summed E-state index contributed by atoms with van der Waals surface area (Å²) in [6, 6.07) is 96.5. The van der Waals surface area contributed by atoms with Crippen LogP contribution in [0.1, 0.15) is 49.9 Å². The Morgan fingerprint density at radius 1 is 0.219 bits per heavy atom. The fourth-order valence-electron chi connectivity index (χ4n) is 11.9. The van der Waals surface area contributed by atoms with Gasteiger partial charge in [-0.25, -0.2) is 0 Å². The second-order valence-corrected chi connectivity index (χ2v) is 20.9. The van der Waals surface area contributed by atoms with Crippen LogP contribution < -0.4 is 4.90 Å². The lowest BCUT2D eigenvalue weighted by atomic mass is 9.81. The fraction of sp³-hybridized carbons (Fsp3) is 0.0833. The number of hydrogen-bond donors (Lipinski definition) is 0. The van der Waals surface area contributed by atoms with Gasteiger partial charge < -0.3 is 4.90 Å². The van der Waals surface area contributed by atoms with Crippen LogP contribution in [0.4, 0.5) is 17.1 Å². The Bertz CT molecular complexity index is 3850. The van der Waals surface area contributed by atoms with Gasteiger partial charge in [-0.15, -0.1) is 0 Å². The summed E-state index contributed by atoms with van der Waals surface area (Å²) in [4.78, 5) is 2.51. The van der Waals surface area contributed by atoms with E-state index in [-0.39, 0.29) is 10.8 Å². The zero-order valence-corrected chi connectivity index (χ0v) is 41.8. The minimum atomic E-state index is -0.242. The van der Waals surface area contributed by atoms with Gasteiger partial charge in [0.2, 0.25) is 0 Å². The highest BCUT2D eigenvalue weighted by Crippen LogP contribution is 2.55. The normalized spacial score (nSPS) is 13.4. The van der Waals surface area contributed by atoms with Gasteiger partial charge in [0.15, 0.2) is 0 Å². The quantitative estimate of drug-likeness (QED) is 0.139. The Hall–Kier alpha value is -8.78. The highest BCUT2D eigenvalue weighted by atomic mass is 15.1. The number of fused-ring (bicyclic) bond motifs is 6. The van der Waals surface area contributed by atoms with E-state index in [4.69, 9.17) is 0 Å². The smallest absolute Gasteiger partial charge is 0.0540 e. The molecule has 0 atom stereocenters. The van der Waals surface area contributed by atoms with Crippen molar-refractivity contribution in [1.82, 2.24) is 0 Å². The van der Waals surface area contributed by atoms with Gasteiger partial charge >= 0.3 is 0 Å². The molecule has 0 saturated heterocycles. The molecule has 0 fully saturated rings. The van der Waals surface area contributed by atoms with Crippen LogP contribution >= 0.6 is 0 Å². The van der Waals surface area contributed by atoms with Crippen molar-refractivity contribution >= 4 is 17.1 Å². The number of hydrogen-bond acceptors (Lipinski definition) is 1. The van der Waals surface area contributed by atoms with E-state index in [0.29, 0.717) is 0 Å². The van der Waals surface area contributed by atoms with Gasteiger partial charge in [-0.3, -0.25) is 0 Å². The van der Waals surface area contributed by atoms with E-state index in [1.807, 2.05) is 0 Å². The summed E-state index contributed by atoms with van der Waals surface area (Å²) in [7, 11) is 0. The molecule has 0 unspecified atom stereocenters. The molecule has 0 aliphatic heterocycles.